The van der Waals surface area contributed by atoms with Gasteiger partial charge in [0.05, 0.1) is 26.4 Å². The number of halogens is 1. The van der Waals surface area contributed by atoms with Crippen molar-refractivity contribution in [3.05, 3.63) is 29.3 Å². The van der Waals surface area contributed by atoms with Crippen molar-refractivity contribution in [2.75, 3.05) is 49.7 Å². The van der Waals surface area contributed by atoms with Crippen LogP contribution in [0.1, 0.15) is 28.8 Å². The summed E-state index contributed by atoms with van der Waals surface area (Å²) in [5.41, 5.74) is 2.08. The molecule has 1 aromatic rings. The van der Waals surface area contributed by atoms with E-state index in [4.69, 9.17) is 9.47 Å². The lowest BCUT2D eigenvalue weighted by Gasteiger charge is -2.31. The smallest absolute Gasteiger partial charge is 0.254 e. The fourth-order valence-corrected chi connectivity index (χ4v) is 4.70. The van der Waals surface area contributed by atoms with Gasteiger partial charge in [0.15, 0.2) is 0 Å². The molecule has 1 N–H and O–H groups in total. The highest BCUT2D eigenvalue weighted by Crippen LogP contribution is 2.33. The first kappa shape index (κ1) is 20.4. The molecule has 5 nitrogen and oxygen atoms in total. The van der Waals surface area contributed by atoms with E-state index in [0.717, 1.165) is 54.8 Å². The predicted molar refractivity (Wildman–Crippen MR) is 113 cm³/mol. The lowest BCUT2D eigenvalue weighted by atomic mass is 10.1. The maximum atomic E-state index is 12.8. The second kappa shape index (κ2) is 10.8. The number of amides is 1. The van der Waals surface area contributed by atoms with E-state index in [1.165, 1.54) is 10.5 Å². The molecule has 7 heteroatoms. The molecule has 1 unspecified atom stereocenters. The van der Waals surface area contributed by atoms with E-state index >= 15 is 0 Å². The summed E-state index contributed by atoms with van der Waals surface area (Å²) in [5, 5.41) is 3.41. The van der Waals surface area contributed by atoms with Crippen molar-refractivity contribution in [3.63, 3.8) is 0 Å². The van der Waals surface area contributed by atoms with Crippen LogP contribution in [0.4, 0.5) is 0 Å². The molecule has 0 aliphatic carbocycles. The minimum absolute atomic E-state index is 0.194. The van der Waals surface area contributed by atoms with Crippen LogP contribution in [0.2, 0.25) is 0 Å². The SMILES string of the molecule is O=C1c2cccc(SCCOCCOCCI)c2CN1C1CCCNC1. The third-order valence-electron chi connectivity index (χ3n) is 4.74. The molecule has 0 radical (unpaired) electrons. The third-order valence-corrected chi connectivity index (χ3v) is 6.25. The normalized spacial score (nSPS) is 19.8. The Morgan fingerprint density at radius 2 is 2.08 bits per heavy atom. The quantitative estimate of drug-likeness (QED) is 0.237. The second-order valence-corrected chi connectivity index (χ2v) is 8.69. The fourth-order valence-electron chi connectivity index (χ4n) is 3.44. The topological polar surface area (TPSA) is 50.8 Å². The van der Waals surface area contributed by atoms with Gasteiger partial charge in [0.25, 0.3) is 5.91 Å². The van der Waals surface area contributed by atoms with E-state index in [0.29, 0.717) is 25.9 Å². The molecule has 2 aliphatic heterocycles. The third kappa shape index (κ3) is 5.34. The van der Waals surface area contributed by atoms with E-state index in [-0.39, 0.29) is 5.91 Å². The molecule has 2 heterocycles. The number of benzene rings is 1. The summed E-state index contributed by atoms with van der Waals surface area (Å²) in [5.74, 6) is 1.09. The molecule has 0 aromatic heterocycles. The summed E-state index contributed by atoms with van der Waals surface area (Å²) in [4.78, 5) is 16.1. The lowest BCUT2D eigenvalue weighted by Crippen LogP contribution is -2.46. The van der Waals surface area contributed by atoms with Gasteiger partial charge in [0.1, 0.15) is 0 Å². The van der Waals surface area contributed by atoms with E-state index in [2.05, 4.69) is 38.9 Å². The molecule has 3 rings (SSSR count). The Labute approximate surface area is 173 Å². The number of nitrogens with zero attached hydrogens (tertiary/aromatic N) is 1. The molecule has 1 aromatic carbocycles. The highest BCUT2D eigenvalue weighted by Gasteiger charge is 2.34. The Balaban J connectivity index is 1.48. The van der Waals surface area contributed by atoms with Crippen LogP contribution in [0.15, 0.2) is 23.1 Å². The van der Waals surface area contributed by atoms with E-state index < -0.39 is 0 Å². The average Bonchev–Trinajstić information content (AvgIpc) is 3.02. The number of thioether (sulfide) groups is 1. The fraction of sp³-hybridized carbons (Fsp3) is 0.632. The molecule has 0 saturated carbocycles. The molecule has 1 saturated heterocycles. The van der Waals surface area contributed by atoms with E-state index in [1.54, 1.807) is 11.8 Å². The van der Waals surface area contributed by atoms with Gasteiger partial charge in [-0.2, -0.15) is 0 Å². The van der Waals surface area contributed by atoms with Crippen molar-refractivity contribution in [1.29, 1.82) is 0 Å². The highest BCUT2D eigenvalue weighted by atomic mass is 127. The van der Waals surface area contributed by atoms with Crippen molar-refractivity contribution < 1.29 is 14.3 Å². The van der Waals surface area contributed by atoms with Gasteiger partial charge in [-0.15, -0.1) is 11.8 Å². The van der Waals surface area contributed by atoms with E-state index in [1.807, 2.05) is 12.1 Å². The summed E-state index contributed by atoms with van der Waals surface area (Å²) in [6.07, 6.45) is 2.24. The monoisotopic (exact) mass is 490 g/mol. The summed E-state index contributed by atoms with van der Waals surface area (Å²) in [6.45, 7) is 5.51. The van der Waals surface area contributed by atoms with Crippen molar-refractivity contribution in [2.45, 2.75) is 30.3 Å². The first-order valence-electron chi connectivity index (χ1n) is 9.29. The van der Waals surface area contributed by atoms with Crippen LogP contribution in [0.5, 0.6) is 0 Å². The highest BCUT2D eigenvalue weighted by molar-refractivity contribution is 14.1. The largest absolute Gasteiger partial charge is 0.378 e. The molecule has 2 aliphatic rings. The lowest BCUT2D eigenvalue weighted by molar-refractivity contribution is 0.0611. The summed E-state index contributed by atoms with van der Waals surface area (Å²) < 4.78 is 12.0. The number of fused-ring (bicyclic) bond motifs is 1. The molecular formula is C19H27IN2O3S. The van der Waals surface area contributed by atoms with Crippen LogP contribution < -0.4 is 5.32 Å². The zero-order chi connectivity index (χ0) is 18.2. The van der Waals surface area contributed by atoms with Crippen LogP contribution in [0.3, 0.4) is 0 Å². The van der Waals surface area contributed by atoms with Gasteiger partial charge in [-0.3, -0.25) is 4.79 Å². The van der Waals surface area contributed by atoms with Gasteiger partial charge in [-0.05, 0) is 37.1 Å². The number of hydrogen-bond acceptors (Lipinski definition) is 5. The van der Waals surface area contributed by atoms with Gasteiger partial charge < -0.3 is 19.7 Å². The standard InChI is InChI=1S/C19H27IN2O3S/c20-6-8-24-9-10-25-11-12-26-18-5-1-4-16-17(18)14-22(19(16)23)15-3-2-7-21-13-15/h1,4-5,15,21H,2-3,6-14H2. The molecule has 1 atom stereocenters. The zero-order valence-electron chi connectivity index (χ0n) is 15.0. The molecule has 0 bridgehead atoms. The number of alkyl halides is 1. The van der Waals surface area contributed by atoms with Gasteiger partial charge >= 0.3 is 0 Å². The molecule has 0 spiro atoms. The number of piperidine rings is 1. The van der Waals surface area contributed by atoms with Gasteiger partial charge in [0, 0.05) is 39.8 Å². The molecule has 26 heavy (non-hydrogen) atoms. The minimum Gasteiger partial charge on any atom is -0.378 e. The average molecular weight is 490 g/mol. The first-order chi connectivity index (χ1) is 12.8. The Hall–Kier alpha value is -0.350. The second-order valence-electron chi connectivity index (χ2n) is 6.48. The molecule has 1 fully saturated rings. The van der Waals surface area contributed by atoms with Crippen LogP contribution in [-0.2, 0) is 16.0 Å². The minimum atomic E-state index is 0.194. The number of nitrogens with one attached hydrogen (secondary N) is 1. The Kier molecular flexibility index (Phi) is 8.51. The number of hydrogen-bond donors (Lipinski definition) is 1. The first-order valence-corrected chi connectivity index (χ1v) is 11.8. The Bertz CT molecular complexity index is 596. The summed E-state index contributed by atoms with van der Waals surface area (Å²) >= 11 is 4.08. The van der Waals surface area contributed by atoms with Crippen LogP contribution in [0, 0.1) is 0 Å². The number of carbonyl (C=O) groups excluding carboxylic acids is 1. The predicted octanol–water partition coefficient (Wildman–Crippen LogP) is 2.95. The molecule has 144 valence electrons. The number of rotatable bonds is 10. The molecule has 1 amide bonds. The van der Waals surface area contributed by atoms with Crippen molar-refractivity contribution in [2.24, 2.45) is 0 Å². The summed E-state index contributed by atoms with van der Waals surface area (Å²) in [6, 6.07) is 6.43. The maximum absolute atomic E-state index is 12.8. The van der Waals surface area contributed by atoms with Crippen LogP contribution >= 0.6 is 34.4 Å². The van der Waals surface area contributed by atoms with Crippen molar-refractivity contribution >= 4 is 40.3 Å². The van der Waals surface area contributed by atoms with Crippen LogP contribution in [-0.4, -0.2) is 66.5 Å². The maximum Gasteiger partial charge on any atom is 0.254 e. The van der Waals surface area contributed by atoms with Crippen molar-refractivity contribution in [3.8, 4) is 0 Å². The summed E-state index contributed by atoms with van der Waals surface area (Å²) in [7, 11) is 0. The Morgan fingerprint density at radius 1 is 1.23 bits per heavy atom. The number of ether oxygens (including phenoxy) is 2. The Morgan fingerprint density at radius 3 is 2.85 bits per heavy atom. The van der Waals surface area contributed by atoms with Crippen LogP contribution in [0.25, 0.3) is 0 Å². The molecular weight excluding hydrogens is 463 g/mol. The number of carbonyl (C=O) groups is 1. The van der Waals surface area contributed by atoms with Gasteiger partial charge in [-0.1, -0.05) is 28.7 Å². The van der Waals surface area contributed by atoms with Crippen molar-refractivity contribution in [1.82, 2.24) is 10.2 Å². The van der Waals surface area contributed by atoms with E-state index in [9.17, 15) is 4.79 Å². The van der Waals surface area contributed by atoms with Gasteiger partial charge in [0.2, 0.25) is 0 Å². The zero-order valence-corrected chi connectivity index (χ0v) is 18.0. The van der Waals surface area contributed by atoms with Gasteiger partial charge in [-0.25, -0.2) is 0 Å².